The summed E-state index contributed by atoms with van der Waals surface area (Å²) in [7, 11) is 1.60. The summed E-state index contributed by atoms with van der Waals surface area (Å²) in [5, 5.41) is 9.12. The molecule has 0 radical (unpaired) electrons. The van der Waals surface area contributed by atoms with E-state index in [4.69, 9.17) is 26.2 Å². The van der Waals surface area contributed by atoms with Crippen LogP contribution in [0.25, 0.3) is 0 Å². The monoisotopic (exact) mass is 290 g/mol. The standard InChI is InChI=1S/C11H19ClN4O3/c1-8(2)19-11-14-9(12)13-10(15-11)16(4-6-17)5-7-18-3/h8,17H,4-7H2,1-3H3. The Bertz CT molecular complexity index is 392. The van der Waals surface area contributed by atoms with E-state index < -0.39 is 0 Å². The first kappa shape index (κ1) is 15.9. The number of aliphatic hydroxyl groups excluding tert-OH is 1. The van der Waals surface area contributed by atoms with Crippen molar-refractivity contribution >= 4 is 17.5 Å². The lowest BCUT2D eigenvalue weighted by atomic mass is 10.5. The summed E-state index contributed by atoms with van der Waals surface area (Å²) in [6.45, 7) is 5.13. The highest BCUT2D eigenvalue weighted by Crippen LogP contribution is 2.15. The largest absolute Gasteiger partial charge is 0.461 e. The molecule has 8 heteroatoms. The van der Waals surface area contributed by atoms with E-state index in [1.807, 2.05) is 13.8 Å². The summed E-state index contributed by atoms with van der Waals surface area (Å²) in [4.78, 5) is 13.9. The molecule has 19 heavy (non-hydrogen) atoms. The molecule has 1 aromatic heterocycles. The van der Waals surface area contributed by atoms with Crippen molar-refractivity contribution in [1.29, 1.82) is 0 Å². The van der Waals surface area contributed by atoms with Gasteiger partial charge in [-0.15, -0.1) is 0 Å². The van der Waals surface area contributed by atoms with E-state index in [-0.39, 0.29) is 24.0 Å². The Morgan fingerprint density at radius 1 is 1.26 bits per heavy atom. The fourth-order valence-corrected chi connectivity index (χ4v) is 1.51. The van der Waals surface area contributed by atoms with E-state index in [9.17, 15) is 0 Å². The molecule has 0 spiro atoms. The number of nitrogens with zero attached hydrogens (tertiary/aromatic N) is 4. The van der Waals surface area contributed by atoms with E-state index in [0.29, 0.717) is 25.6 Å². The molecule has 0 saturated heterocycles. The lowest BCUT2D eigenvalue weighted by Gasteiger charge is -2.21. The Morgan fingerprint density at radius 3 is 2.58 bits per heavy atom. The van der Waals surface area contributed by atoms with Gasteiger partial charge in [-0.3, -0.25) is 0 Å². The molecule has 0 fully saturated rings. The summed E-state index contributed by atoms with van der Waals surface area (Å²) in [6, 6.07) is 0.172. The van der Waals surface area contributed by atoms with Crippen molar-refractivity contribution in [3.63, 3.8) is 0 Å². The van der Waals surface area contributed by atoms with E-state index in [2.05, 4.69) is 15.0 Å². The van der Waals surface area contributed by atoms with Gasteiger partial charge in [0.25, 0.3) is 0 Å². The van der Waals surface area contributed by atoms with Gasteiger partial charge in [0.1, 0.15) is 0 Å². The van der Waals surface area contributed by atoms with Gasteiger partial charge >= 0.3 is 6.01 Å². The minimum Gasteiger partial charge on any atom is -0.461 e. The topological polar surface area (TPSA) is 80.6 Å². The summed E-state index contributed by atoms with van der Waals surface area (Å²) in [6.07, 6.45) is -0.0587. The minimum atomic E-state index is -0.0587. The Hall–Kier alpha value is -1.18. The fraction of sp³-hybridized carbons (Fsp3) is 0.727. The average Bonchev–Trinajstić information content (AvgIpc) is 2.32. The molecule has 1 heterocycles. The minimum absolute atomic E-state index is 0.0204. The number of aromatic nitrogens is 3. The van der Waals surface area contributed by atoms with Gasteiger partial charge in [-0.1, -0.05) is 0 Å². The van der Waals surface area contributed by atoms with Crippen LogP contribution < -0.4 is 9.64 Å². The zero-order chi connectivity index (χ0) is 14.3. The molecular weight excluding hydrogens is 272 g/mol. The molecule has 1 rings (SSSR count). The molecule has 1 aromatic rings. The zero-order valence-corrected chi connectivity index (χ0v) is 12.1. The molecule has 7 nitrogen and oxygen atoms in total. The smallest absolute Gasteiger partial charge is 0.322 e. The van der Waals surface area contributed by atoms with Crippen molar-refractivity contribution < 1.29 is 14.6 Å². The van der Waals surface area contributed by atoms with Gasteiger partial charge in [0.05, 0.1) is 19.3 Å². The van der Waals surface area contributed by atoms with E-state index >= 15 is 0 Å². The summed E-state index contributed by atoms with van der Waals surface area (Å²) in [5.41, 5.74) is 0. The Labute approximate surface area is 117 Å². The number of rotatable bonds is 8. The maximum absolute atomic E-state index is 9.06. The predicted molar refractivity (Wildman–Crippen MR) is 71.8 cm³/mol. The van der Waals surface area contributed by atoms with Gasteiger partial charge in [-0.25, -0.2) is 0 Å². The van der Waals surface area contributed by atoms with E-state index in [1.54, 1.807) is 12.0 Å². The second-order valence-corrected chi connectivity index (χ2v) is 4.40. The van der Waals surface area contributed by atoms with Gasteiger partial charge in [-0.2, -0.15) is 15.0 Å². The quantitative estimate of drug-likeness (QED) is 0.757. The maximum atomic E-state index is 9.06. The second kappa shape index (κ2) is 8.08. The van der Waals surface area contributed by atoms with Crippen LogP contribution in [0.3, 0.4) is 0 Å². The van der Waals surface area contributed by atoms with Crippen LogP contribution in [0, 0.1) is 0 Å². The van der Waals surface area contributed by atoms with Gasteiger partial charge < -0.3 is 19.5 Å². The van der Waals surface area contributed by atoms with Crippen LogP contribution in [0.15, 0.2) is 0 Å². The van der Waals surface area contributed by atoms with Crippen molar-refractivity contribution in [3.05, 3.63) is 5.28 Å². The third-order valence-corrected chi connectivity index (χ3v) is 2.30. The molecule has 0 aliphatic heterocycles. The predicted octanol–water partition coefficient (Wildman–Crippen LogP) is 0.757. The van der Waals surface area contributed by atoms with E-state index in [0.717, 1.165) is 0 Å². The van der Waals surface area contributed by atoms with Crippen molar-refractivity contribution in [2.75, 3.05) is 38.3 Å². The van der Waals surface area contributed by atoms with Crippen molar-refractivity contribution in [2.24, 2.45) is 0 Å². The number of anilines is 1. The first-order valence-electron chi connectivity index (χ1n) is 5.99. The SMILES string of the molecule is COCCN(CCO)c1nc(Cl)nc(OC(C)C)n1. The first-order valence-corrected chi connectivity index (χ1v) is 6.37. The lowest BCUT2D eigenvalue weighted by molar-refractivity contribution is 0.201. The molecular formula is C11H19ClN4O3. The third-order valence-electron chi connectivity index (χ3n) is 2.14. The average molecular weight is 291 g/mol. The Kier molecular flexibility index (Phi) is 6.75. The molecule has 0 aromatic carbocycles. The highest BCUT2D eigenvalue weighted by atomic mass is 35.5. The lowest BCUT2D eigenvalue weighted by Crippen LogP contribution is -2.32. The molecule has 108 valence electrons. The molecule has 0 aliphatic carbocycles. The fourth-order valence-electron chi connectivity index (χ4n) is 1.36. The summed E-state index contributed by atoms with van der Waals surface area (Å²) >= 11 is 5.85. The number of ether oxygens (including phenoxy) is 2. The number of aliphatic hydroxyl groups is 1. The van der Waals surface area contributed by atoms with Gasteiger partial charge in [-0.05, 0) is 25.4 Å². The van der Waals surface area contributed by atoms with Crippen LogP contribution in [0.5, 0.6) is 6.01 Å². The van der Waals surface area contributed by atoms with Crippen LogP contribution in [-0.2, 0) is 4.74 Å². The maximum Gasteiger partial charge on any atom is 0.322 e. The number of halogens is 1. The second-order valence-electron chi connectivity index (χ2n) is 4.06. The molecule has 0 saturated carbocycles. The van der Waals surface area contributed by atoms with Crippen LogP contribution in [0.1, 0.15) is 13.8 Å². The molecule has 0 atom stereocenters. The van der Waals surface area contributed by atoms with Crippen LogP contribution in [0.4, 0.5) is 5.95 Å². The highest BCUT2D eigenvalue weighted by molar-refractivity contribution is 6.28. The number of hydrogen-bond donors (Lipinski definition) is 1. The Morgan fingerprint density at radius 2 is 2.00 bits per heavy atom. The van der Waals surface area contributed by atoms with Crippen molar-refractivity contribution in [2.45, 2.75) is 20.0 Å². The molecule has 0 aliphatic rings. The third kappa shape index (κ3) is 5.54. The van der Waals surface area contributed by atoms with Gasteiger partial charge in [0.2, 0.25) is 11.2 Å². The molecule has 0 bridgehead atoms. The van der Waals surface area contributed by atoms with Gasteiger partial charge in [0.15, 0.2) is 0 Å². The van der Waals surface area contributed by atoms with Crippen molar-refractivity contribution in [1.82, 2.24) is 15.0 Å². The number of methoxy groups -OCH3 is 1. The number of hydrogen-bond acceptors (Lipinski definition) is 7. The highest BCUT2D eigenvalue weighted by Gasteiger charge is 2.14. The van der Waals surface area contributed by atoms with Crippen LogP contribution in [-0.4, -0.2) is 59.6 Å². The summed E-state index contributed by atoms with van der Waals surface area (Å²) < 4.78 is 10.4. The summed E-state index contributed by atoms with van der Waals surface area (Å²) in [5.74, 6) is 0.363. The zero-order valence-electron chi connectivity index (χ0n) is 11.3. The Balaban J connectivity index is 2.90. The van der Waals surface area contributed by atoms with E-state index in [1.165, 1.54) is 0 Å². The molecule has 0 amide bonds. The normalized spacial score (nSPS) is 10.8. The van der Waals surface area contributed by atoms with Crippen LogP contribution >= 0.6 is 11.6 Å². The molecule has 1 N–H and O–H groups in total. The first-order chi connectivity index (χ1) is 9.06. The van der Waals surface area contributed by atoms with Crippen LogP contribution in [0.2, 0.25) is 5.28 Å². The molecule has 0 unspecified atom stereocenters. The van der Waals surface area contributed by atoms with Gasteiger partial charge in [0, 0.05) is 20.2 Å². The van der Waals surface area contributed by atoms with Crippen molar-refractivity contribution in [3.8, 4) is 6.01 Å².